The highest BCUT2D eigenvalue weighted by atomic mass is 16.6. The van der Waals surface area contributed by atoms with Crippen molar-refractivity contribution in [1.82, 2.24) is 0 Å². The number of ketones is 1. The van der Waals surface area contributed by atoms with E-state index in [1.807, 2.05) is 36.4 Å². The predicted molar refractivity (Wildman–Crippen MR) is 114 cm³/mol. The largest absolute Gasteiger partial charge is 0.465 e. The second-order valence-electron chi connectivity index (χ2n) is 6.78. The normalized spacial score (nSPS) is 10.7. The van der Waals surface area contributed by atoms with E-state index >= 15 is 0 Å². The van der Waals surface area contributed by atoms with Gasteiger partial charge < -0.3 is 13.9 Å². The third kappa shape index (κ3) is 5.28. The van der Waals surface area contributed by atoms with Gasteiger partial charge in [-0.15, -0.1) is 0 Å². The van der Waals surface area contributed by atoms with Gasteiger partial charge in [0.15, 0.2) is 11.7 Å². The predicted octanol–water partition coefficient (Wildman–Crippen LogP) is 4.46. The molecule has 3 rings (SSSR count). The Morgan fingerprint density at radius 3 is 1.94 bits per heavy atom. The van der Waals surface area contributed by atoms with Gasteiger partial charge in [-0.1, -0.05) is 60.7 Å². The smallest absolute Gasteiger partial charge is 0.320 e. The molecule has 6 nitrogen and oxygen atoms in total. The van der Waals surface area contributed by atoms with Crippen LogP contribution in [0.25, 0.3) is 11.3 Å². The summed E-state index contributed by atoms with van der Waals surface area (Å²) in [6.45, 7) is 3.61. The van der Waals surface area contributed by atoms with Crippen LogP contribution in [0.2, 0.25) is 0 Å². The molecule has 0 bridgehead atoms. The molecule has 0 saturated carbocycles. The molecule has 1 heterocycles. The average molecular weight is 420 g/mol. The maximum atomic E-state index is 13.2. The van der Waals surface area contributed by atoms with Crippen LogP contribution in [0.4, 0.5) is 0 Å². The Morgan fingerprint density at radius 1 is 0.839 bits per heavy atom. The number of hydrogen-bond acceptors (Lipinski definition) is 6. The van der Waals surface area contributed by atoms with E-state index in [1.54, 1.807) is 44.2 Å². The lowest BCUT2D eigenvalue weighted by atomic mass is 9.99. The molecule has 31 heavy (non-hydrogen) atoms. The first-order valence-electron chi connectivity index (χ1n) is 10.2. The lowest BCUT2D eigenvalue weighted by Crippen LogP contribution is -2.29. The van der Waals surface area contributed by atoms with Crippen molar-refractivity contribution in [2.45, 2.75) is 20.3 Å². The van der Waals surface area contributed by atoms with E-state index in [-0.39, 0.29) is 25.4 Å². The Labute approximate surface area is 180 Å². The van der Waals surface area contributed by atoms with Crippen LogP contribution in [-0.4, -0.2) is 30.9 Å². The zero-order valence-corrected chi connectivity index (χ0v) is 17.5. The number of rotatable bonds is 9. The molecule has 0 aliphatic carbocycles. The lowest BCUT2D eigenvalue weighted by molar-refractivity contribution is -0.161. The molecule has 0 spiro atoms. The van der Waals surface area contributed by atoms with Gasteiger partial charge in [0.2, 0.25) is 0 Å². The molecule has 0 aliphatic rings. The molecule has 0 atom stereocenters. The molecule has 160 valence electrons. The van der Waals surface area contributed by atoms with Gasteiger partial charge in [0.1, 0.15) is 11.5 Å². The fraction of sp³-hybridized carbons (Fsp3) is 0.240. The molecule has 0 amide bonds. The minimum atomic E-state index is -1.17. The number of hydrogen-bond donors (Lipinski definition) is 0. The van der Waals surface area contributed by atoms with Gasteiger partial charge in [-0.3, -0.25) is 14.4 Å². The molecule has 2 aromatic carbocycles. The van der Waals surface area contributed by atoms with Gasteiger partial charge in [0.05, 0.1) is 18.8 Å². The van der Waals surface area contributed by atoms with Crippen molar-refractivity contribution in [1.29, 1.82) is 0 Å². The minimum absolute atomic E-state index is 0.0699. The Balaban J connectivity index is 2.01. The van der Waals surface area contributed by atoms with E-state index in [2.05, 4.69) is 0 Å². The van der Waals surface area contributed by atoms with E-state index in [0.29, 0.717) is 22.6 Å². The Hall–Kier alpha value is -3.67. The summed E-state index contributed by atoms with van der Waals surface area (Å²) in [5.74, 6) is -2.04. The Morgan fingerprint density at radius 2 is 1.39 bits per heavy atom. The molecular formula is C25H24O6. The zero-order valence-electron chi connectivity index (χ0n) is 17.5. The molecule has 0 aliphatic heterocycles. The zero-order chi connectivity index (χ0) is 22.2. The number of carbonyl (C=O) groups is 3. The fourth-order valence-corrected chi connectivity index (χ4v) is 3.21. The van der Waals surface area contributed by atoms with Gasteiger partial charge in [-0.25, -0.2) is 0 Å². The van der Waals surface area contributed by atoms with Gasteiger partial charge >= 0.3 is 11.9 Å². The Kier molecular flexibility index (Phi) is 7.38. The minimum Gasteiger partial charge on any atom is -0.465 e. The standard InChI is InChI=1S/C25H24O6/c1-3-29-24(27)21(25(28)30-4-2)16-19-15-20(22(26)17-11-7-5-8-12-17)23(31-19)18-13-9-6-10-14-18/h5-15,21H,3-4,16H2,1-2H3. The topological polar surface area (TPSA) is 82.8 Å². The highest BCUT2D eigenvalue weighted by molar-refractivity contribution is 6.12. The quantitative estimate of drug-likeness (QED) is 0.289. The van der Waals surface area contributed by atoms with Crippen LogP contribution in [0, 0.1) is 5.92 Å². The highest BCUT2D eigenvalue weighted by Crippen LogP contribution is 2.30. The number of furan rings is 1. The molecular weight excluding hydrogens is 396 g/mol. The number of esters is 2. The van der Waals surface area contributed by atoms with Crippen molar-refractivity contribution in [2.24, 2.45) is 5.92 Å². The average Bonchev–Trinajstić information content (AvgIpc) is 3.22. The first kappa shape index (κ1) is 22.0. The number of carbonyl (C=O) groups excluding carboxylic acids is 3. The van der Waals surface area contributed by atoms with Crippen molar-refractivity contribution in [2.75, 3.05) is 13.2 Å². The molecule has 1 aromatic heterocycles. The summed E-state index contributed by atoms with van der Waals surface area (Å²) in [7, 11) is 0. The van der Waals surface area contributed by atoms with Crippen LogP contribution < -0.4 is 0 Å². The molecule has 6 heteroatoms. The maximum Gasteiger partial charge on any atom is 0.320 e. The van der Waals surface area contributed by atoms with E-state index < -0.39 is 17.9 Å². The van der Waals surface area contributed by atoms with Crippen LogP contribution in [0.5, 0.6) is 0 Å². The summed E-state index contributed by atoms with van der Waals surface area (Å²) in [5.41, 5.74) is 1.59. The highest BCUT2D eigenvalue weighted by Gasteiger charge is 2.32. The second-order valence-corrected chi connectivity index (χ2v) is 6.78. The molecule has 0 fully saturated rings. The van der Waals surface area contributed by atoms with Gasteiger partial charge in [0, 0.05) is 17.5 Å². The maximum absolute atomic E-state index is 13.2. The summed E-state index contributed by atoms with van der Waals surface area (Å²) in [5, 5.41) is 0. The van der Waals surface area contributed by atoms with Crippen molar-refractivity contribution in [3.05, 3.63) is 83.6 Å². The second kappa shape index (κ2) is 10.4. The van der Waals surface area contributed by atoms with Crippen LogP contribution in [0.15, 0.2) is 71.1 Å². The van der Waals surface area contributed by atoms with Crippen LogP contribution in [-0.2, 0) is 25.5 Å². The fourth-order valence-electron chi connectivity index (χ4n) is 3.21. The van der Waals surface area contributed by atoms with Crippen molar-refractivity contribution < 1.29 is 28.3 Å². The van der Waals surface area contributed by atoms with Crippen LogP contribution in [0.3, 0.4) is 0 Å². The molecule has 3 aromatic rings. The van der Waals surface area contributed by atoms with Crippen molar-refractivity contribution in [3.63, 3.8) is 0 Å². The Bertz CT molecular complexity index is 1020. The monoisotopic (exact) mass is 420 g/mol. The SMILES string of the molecule is CCOC(=O)C(Cc1cc(C(=O)c2ccccc2)c(-c2ccccc2)o1)C(=O)OCC. The molecule has 0 saturated heterocycles. The van der Waals surface area contributed by atoms with Crippen LogP contribution in [0.1, 0.15) is 35.5 Å². The molecule has 0 N–H and O–H groups in total. The summed E-state index contributed by atoms with van der Waals surface area (Å²) in [6.07, 6.45) is -0.0699. The van der Waals surface area contributed by atoms with Crippen LogP contribution >= 0.6 is 0 Å². The summed E-state index contributed by atoms with van der Waals surface area (Å²) >= 11 is 0. The first-order chi connectivity index (χ1) is 15.0. The van der Waals surface area contributed by atoms with Gasteiger partial charge in [-0.05, 0) is 19.9 Å². The summed E-state index contributed by atoms with van der Waals surface area (Å²) in [6, 6.07) is 19.7. The van der Waals surface area contributed by atoms with E-state index in [9.17, 15) is 14.4 Å². The lowest BCUT2D eigenvalue weighted by Gasteiger charge is -2.13. The summed E-state index contributed by atoms with van der Waals surface area (Å²) < 4.78 is 16.1. The van der Waals surface area contributed by atoms with E-state index in [0.717, 1.165) is 5.56 Å². The number of ether oxygens (including phenoxy) is 2. The van der Waals surface area contributed by atoms with Crippen molar-refractivity contribution >= 4 is 17.7 Å². The number of benzene rings is 2. The van der Waals surface area contributed by atoms with Gasteiger partial charge in [-0.2, -0.15) is 0 Å². The van der Waals surface area contributed by atoms with E-state index in [4.69, 9.17) is 13.9 Å². The van der Waals surface area contributed by atoms with E-state index in [1.165, 1.54) is 0 Å². The third-order valence-corrected chi connectivity index (χ3v) is 4.65. The molecule has 0 unspecified atom stereocenters. The first-order valence-corrected chi connectivity index (χ1v) is 10.2. The molecule has 0 radical (unpaired) electrons. The third-order valence-electron chi connectivity index (χ3n) is 4.65. The summed E-state index contributed by atoms with van der Waals surface area (Å²) in [4.78, 5) is 37.9. The van der Waals surface area contributed by atoms with Crippen molar-refractivity contribution in [3.8, 4) is 11.3 Å². The van der Waals surface area contributed by atoms with Gasteiger partial charge in [0.25, 0.3) is 0 Å².